The van der Waals surface area contributed by atoms with Crippen LogP contribution in [0, 0.1) is 0 Å². The van der Waals surface area contributed by atoms with E-state index in [0.29, 0.717) is 16.0 Å². The molecular weight excluding hydrogens is 283 g/mol. The van der Waals surface area contributed by atoms with Gasteiger partial charge in [-0.3, -0.25) is 10.1 Å². The Bertz CT molecular complexity index is 556. The molecule has 3 rings (SSSR count). The van der Waals surface area contributed by atoms with Crippen LogP contribution in [-0.2, 0) is 0 Å². The number of halogens is 2. The van der Waals surface area contributed by atoms with Crippen LogP contribution in [-0.4, -0.2) is 28.3 Å². The molecule has 3 heterocycles. The van der Waals surface area contributed by atoms with Gasteiger partial charge < -0.3 is 5.32 Å². The summed E-state index contributed by atoms with van der Waals surface area (Å²) in [5.74, 6) is 0.530. The van der Waals surface area contributed by atoms with Crippen LogP contribution in [0.15, 0.2) is 18.5 Å². The van der Waals surface area contributed by atoms with Gasteiger partial charge in [-0.25, -0.2) is 0 Å². The van der Waals surface area contributed by atoms with Crippen molar-refractivity contribution in [2.75, 3.05) is 13.1 Å². The van der Waals surface area contributed by atoms with Gasteiger partial charge in [0.05, 0.1) is 15.7 Å². The second-order valence-corrected chi connectivity index (χ2v) is 5.53. The van der Waals surface area contributed by atoms with Crippen LogP contribution in [0.2, 0.25) is 10.0 Å². The van der Waals surface area contributed by atoms with E-state index in [-0.39, 0.29) is 0 Å². The monoisotopic (exact) mass is 296 g/mol. The Morgan fingerprint density at radius 2 is 1.79 bits per heavy atom. The normalized spacial score (nSPS) is 16.7. The summed E-state index contributed by atoms with van der Waals surface area (Å²) in [5.41, 5.74) is 2.68. The maximum atomic E-state index is 6.15. The van der Waals surface area contributed by atoms with Gasteiger partial charge >= 0.3 is 0 Å². The van der Waals surface area contributed by atoms with Crippen molar-refractivity contribution in [1.29, 1.82) is 0 Å². The van der Waals surface area contributed by atoms with Gasteiger partial charge in [-0.15, -0.1) is 0 Å². The van der Waals surface area contributed by atoms with E-state index in [0.717, 1.165) is 42.9 Å². The van der Waals surface area contributed by atoms with Crippen molar-refractivity contribution in [3.63, 3.8) is 0 Å². The maximum absolute atomic E-state index is 6.15. The zero-order valence-corrected chi connectivity index (χ0v) is 11.8. The van der Waals surface area contributed by atoms with Gasteiger partial charge in [0.1, 0.15) is 0 Å². The Morgan fingerprint density at radius 3 is 2.47 bits per heavy atom. The van der Waals surface area contributed by atoms with Crippen LogP contribution in [0.1, 0.15) is 24.5 Å². The molecule has 1 fully saturated rings. The number of piperidine rings is 1. The fourth-order valence-electron chi connectivity index (χ4n) is 2.46. The molecule has 0 spiro atoms. The topological polar surface area (TPSA) is 53.6 Å². The summed E-state index contributed by atoms with van der Waals surface area (Å²) in [6, 6.07) is 2.04. The van der Waals surface area contributed by atoms with Crippen molar-refractivity contribution in [2.45, 2.75) is 18.8 Å². The number of nitrogens with zero attached hydrogens (tertiary/aromatic N) is 2. The van der Waals surface area contributed by atoms with Crippen LogP contribution in [0.5, 0.6) is 0 Å². The Balaban J connectivity index is 1.92. The molecule has 2 N–H and O–H groups in total. The van der Waals surface area contributed by atoms with Crippen molar-refractivity contribution < 1.29 is 0 Å². The molecule has 0 amide bonds. The molecule has 0 bridgehead atoms. The standard InChI is InChI=1S/C13H14Cl2N4/c14-9-6-17-7-10(15)13(9)12-5-11(18-19-12)8-1-3-16-4-2-8/h5-8,16H,1-4H2,(H,18,19). The van der Waals surface area contributed by atoms with Crippen LogP contribution < -0.4 is 5.32 Å². The lowest BCUT2D eigenvalue weighted by Gasteiger charge is -2.20. The summed E-state index contributed by atoms with van der Waals surface area (Å²) >= 11 is 12.3. The Kier molecular flexibility index (Phi) is 3.73. The SMILES string of the molecule is Clc1cncc(Cl)c1-c1cc(C2CCNCC2)[nH]n1. The van der Waals surface area contributed by atoms with E-state index in [2.05, 4.69) is 20.5 Å². The zero-order valence-electron chi connectivity index (χ0n) is 10.3. The molecule has 1 aliphatic rings. The van der Waals surface area contributed by atoms with Crippen LogP contribution >= 0.6 is 23.2 Å². The largest absolute Gasteiger partial charge is 0.317 e. The Hall–Kier alpha value is -1.10. The molecule has 6 heteroatoms. The maximum Gasteiger partial charge on any atom is 0.0954 e. The molecule has 100 valence electrons. The highest BCUT2D eigenvalue weighted by Gasteiger charge is 2.19. The molecular formula is C13H14Cl2N4. The van der Waals surface area contributed by atoms with Gasteiger partial charge in [-0.1, -0.05) is 23.2 Å². The Labute approximate surface area is 121 Å². The van der Waals surface area contributed by atoms with Gasteiger partial charge in [-0.2, -0.15) is 5.10 Å². The Morgan fingerprint density at radius 1 is 1.11 bits per heavy atom. The van der Waals surface area contributed by atoms with E-state index in [4.69, 9.17) is 23.2 Å². The molecule has 0 aliphatic carbocycles. The van der Waals surface area contributed by atoms with Crippen molar-refractivity contribution in [2.24, 2.45) is 0 Å². The van der Waals surface area contributed by atoms with Gasteiger partial charge in [-0.05, 0) is 32.0 Å². The predicted molar refractivity (Wildman–Crippen MR) is 76.7 cm³/mol. The van der Waals surface area contributed by atoms with Gasteiger partial charge in [0.2, 0.25) is 0 Å². The van der Waals surface area contributed by atoms with E-state index in [1.54, 1.807) is 12.4 Å². The number of hydrogen-bond donors (Lipinski definition) is 2. The third kappa shape index (κ3) is 2.61. The summed E-state index contributed by atoms with van der Waals surface area (Å²) in [7, 11) is 0. The molecule has 1 saturated heterocycles. The third-order valence-electron chi connectivity index (χ3n) is 3.49. The van der Waals surface area contributed by atoms with Crippen molar-refractivity contribution >= 4 is 23.2 Å². The van der Waals surface area contributed by atoms with Crippen LogP contribution in [0.3, 0.4) is 0 Å². The molecule has 4 nitrogen and oxygen atoms in total. The minimum atomic E-state index is 0.524. The average Bonchev–Trinajstić information content (AvgIpc) is 2.89. The van der Waals surface area contributed by atoms with Crippen molar-refractivity contribution in [3.05, 3.63) is 34.2 Å². The lowest BCUT2D eigenvalue weighted by molar-refractivity contribution is 0.453. The second kappa shape index (κ2) is 5.49. The summed E-state index contributed by atoms with van der Waals surface area (Å²) in [4.78, 5) is 3.96. The fraction of sp³-hybridized carbons (Fsp3) is 0.385. The number of aromatic amines is 1. The molecule has 0 unspecified atom stereocenters. The van der Waals surface area contributed by atoms with E-state index in [1.165, 1.54) is 0 Å². The molecule has 0 aromatic carbocycles. The van der Waals surface area contributed by atoms with Crippen LogP contribution in [0.4, 0.5) is 0 Å². The van der Waals surface area contributed by atoms with Crippen LogP contribution in [0.25, 0.3) is 11.3 Å². The number of hydrogen-bond acceptors (Lipinski definition) is 3. The molecule has 2 aromatic heterocycles. The summed E-state index contributed by atoms with van der Waals surface area (Å²) < 4.78 is 0. The van der Waals surface area contributed by atoms with Crippen molar-refractivity contribution in [1.82, 2.24) is 20.5 Å². The highest BCUT2D eigenvalue weighted by Crippen LogP contribution is 2.34. The zero-order chi connectivity index (χ0) is 13.2. The summed E-state index contributed by atoms with van der Waals surface area (Å²) in [6.07, 6.45) is 5.42. The van der Waals surface area contributed by atoms with Gasteiger partial charge in [0, 0.05) is 29.6 Å². The molecule has 0 saturated carbocycles. The lowest BCUT2D eigenvalue weighted by Crippen LogP contribution is -2.26. The highest BCUT2D eigenvalue weighted by molar-refractivity contribution is 6.38. The number of aromatic nitrogens is 3. The van der Waals surface area contributed by atoms with E-state index >= 15 is 0 Å². The minimum absolute atomic E-state index is 0.524. The quantitative estimate of drug-likeness (QED) is 0.894. The molecule has 1 aliphatic heterocycles. The first kappa shape index (κ1) is 12.9. The minimum Gasteiger partial charge on any atom is -0.317 e. The van der Waals surface area contributed by atoms with E-state index < -0.39 is 0 Å². The summed E-state index contributed by atoms with van der Waals surface area (Å²) in [5, 5.41) is 11.9. The van der Waals surface area contributed by atoms with Crippen molar-refractivity contribution in [3.8, 4) is 11.3 Å². The number of nitrogens with one attached hydrogen (secondary N) is 2. The smallest absolute Gasteiger partial charge is 0.0954 e. The molecule has 19 heavy (non-hydrogen) atoms. The first-order chi connectivity index (χ1) is 9.25. The molecule has 2 aromatic rings. The second-order valence-electron chi connectivity index (χ2n) is 4.71. The number of H-pyrrole nitrogens is 1. The highest BCUT2D eigenvalue weighted by atomic mass is 35.5. The lowest BCUT2D eigenvalue weighted by atomic mass is 9.94. The third-order valence-corrected chi connectivity index (χ3v) is 4.06. The molecule has 0 radical (unpaired) electrons. The first-order valence-electron chi connectivity index (χ1n) is 6.31. The summed E-state index contributed by atoms with van der Waals surface area (Å²) in [6.45, 7) is 2.10. The number of rotatable bonds is 2. The molecule has 0 atom stereocenters. The van der Waals surface area contributed by atoms with E-state index in [9.17, 15) is 0 Å². The average molecular weight is 297 g/mol. The van der Waals surface area contributed by atoms with Gasteiger partial charge in [0.25, 0.3) is 0 Å². The predicted octanol–water partition coefficient (Wildman–Crippen LogP) is 3.25. The number of pyridine rings is 1. The first-order valence-corrected chi connectivity index (χ1v) is 7.06. The fourth-order valence-corrected chi connectivity index (χ4v) is 3.02. The van der Waals surface area contributed by atoms with Gasteiger partial charge in [0.15, 0.2) is 0 Å². The van der Waals surface area contributed by atoms with E-state index in [1.807, 2.05) is 6.07 Å².